The van der Waals surface area contributed by atoms with Gasteiger partial charge in [-0.1, -0.05) is 43.2 Å². The number of aromatic nitrogens is 2. The Morgan fingerprint density at radius 3 is 2.71 bits per heavy atom. The molecule has 1 aromatic heterocycles. The lowest BCUT2D eigenvalue weighted by Gasteiger charge is -2.45. The molecule has 2 saturated heterocycles. The van der Waals surface area contributed by atoms with E-state index in [2.05, 4.69) is 21.8 Å². The van der Waals surface area contributed by atoms with Crippen LogP contribution < -0.4 is 0 Å². The predicted octanol–water partition coefficient (Wildman–Crippen LogP) is 3.41. The number of benzene rings is 1. The van der Waals surface area contributed by atoms with Crippen molar-refractivity contribution in [2.45, 2.75) is 56.6 Å². The van der Waals surface area contributed by atoms with Gasteiger partial charge in [0, 0.05) is 24.8 Å². The van der Waals surface area contributed by atoms with E-state index in [0.29, 0.717) is 12.5 Å². The first-order chi connectivity index (χ1) is 15.2. The van der Waals surface area contributed by atoms with Crippen LogP contribution in [0.15, 0.2) is 36.5 Å². The summed E-state index contributed by atoms with van der Waals surface area (Å²) in [5.74, 6) is 1.05. The molecule has 3 aliphatic heterocycles. The molecule has 5 rings (SSSR count). The van der Waals surface area contributed by atoms with Crippen LogP contribution in [-0.4, -0.2) is 65.0 Å². The molecule has 164 valence electrons. The summed E-state index contributed by atoms with van der Waals surface area (Å²) in [7, 11) is 2.10. The standard InChI is InChI=1S/C25H32N4O2/c1-28-14-7-3-6-10-21(28)24(30)29-15-12-25(13-16-29)22-20(11-17-31-25)18-26-23(27-22)19-8-4-2-5-9-19/h2,4-5,8-9,18,21H,3,6-7,10-17H2,1H3. The molecule has 1 atom stereocenters. The van der Waals surface area contributed by atoms with Crippen molar-refractivity contribution in [3.8, 4) is 11.4 Å². The number of piperidine rings is 1. The summed E-state index contributed by atoms with van der Waals surface area (Å²) in [4.78, 5) is 27.2. The first-order valence-corrected chi connectivity index (χ1v) is 11.7. The maximum atomic E-state index is 13.3. The van der Waals surface area contributed by atoms with Crippen molar-refractivity contribution in [1.29, 1.82) is 0 Å². The summed E-state index contributed by atoms with van der Waals surface area (Å²) in [6.45, 7) is 3.17. The Labute approximate surface area is 184 Å². The molecule has 1 aromatic carbocycles. The van der Waals surface area contributed by atoms with Gasteiger partial charge in [-0.3, -0.25) is 9.69 Å². The molecule has 6 heteroatoms. The minimum absolute atomic E-state index is 0.0307. The highest BCUT2D eigenvalue weighted by Gasteiger charge is 2.44. The number of rotatable bonds is 2. The summed E-state index contributed by atoms with van der Waals surface area (Å²) in [6.07, 6.45) is 8.97. The highest BCUT2D eigenvalue weighted by molar-refractivity contribution is 5.82. The van der Waals surface area contributed by atoms with E-state index < -0.39 is 5.60 Å². The number of hydrogen-bond acceptors (Lipinski definition) is 5. The van der Waals surface area contributed by atoms with Gasteiger partial charge in [-0.25, -0.2) is 9.97 Å². The van der Waals surface area contributed by atoms with Gasteiger partial charge in [0.05, 0.1) is 18.3 Å². The largest absolute Gasteiger partial charge is 0.368 e. The van der Waals surface area contributed by atoms with E-state index in [4.69, 9.17) is 9.72 Å². The Hall–Kier alpha value is -2.31. The number of amides is 1. The monoisotopic (exact) mass is 420 g/mol. The zero-order chi connectivity index (χ0) is 21.3. The van der Waals surface area contributed by atoms with E-state index in [1.54, 1.807) is 0 Å². The van der Waals surface area contributed by atoms with Gasteiger partial charge >= 0.3 is 0 Å². The third kappa shape index (κ3) is 3.99. The molecular formula is C25H32N4O2. The van der Waals surface area contributed by atoms with E-state index in [9.17, 15) is 4.79 Å². The fourth-order valence-electron chi connectivity index (χ4n) is 5.38. The van der Waals surface area contributed by atoms with E-state index in [1.807, 2.05) is 36.5 Å². The smallest absolute Gasteiger partial charge is 0.239 e. The summed E-state index contributed by atoms with van der Waals surface area (Å²) in [5, 5.41) is 0. The zero-order valence-electron chi connectivity index (χ0n) is 18.4. The van der Waals surface area contributed by atoms with Gasteiger partial charge in [-0.15, -0.1) is 0 Å². The van der Waals surface area contributed by atoms with Crippen molar-refractivity contribution in [3.63, 3.8) is 0 Å². The quantitative estimate of drug-likeness (QED) is 0.745. The highest BCUT2D eigenvalue weighted by atomic mass is 16.5. The molecule has 1 amide bonds. The van der Waals surface area contributed by atoms with Gasteiger partial charge in [0.1, 0.15) is 5.60 Å². The molecule has 1 spiro atoms. The third-order valence-electron chi connectivity index (χ3n) is 7.27. The van der Waals surface area contributed by atoms with Crippen LogP contribution in [0.25, 0.3) is 11.4 Å². The highest BCUT2D eigenvalue weighted by Crippen LogP contribution is 2.41. The summed E-state index contributed by atoms with van der Waals surface area (Å²) in [6, 6.07) is 10.1. The van der Waals surface area contributed by atoms with Crippen LogP contribution in [0, 0.1) is 0 Å². The molecule has 0 saturated carbocycles. The average molecular weight is 421 g/mol. The SMILES string of the molecule is CN1CCCCCC1C(=O)N1CCC2(CC1)OCCc1cnc(-c3ccccc3)nc12. The molecule has 4 heterocycles. The van der Waals surface area contributed by atoms with E-state index in [-0.39, 0.29) is 6.04 Å². The molecule has 3 aliphatic rings. The van der Waals surface area contributed by atoms with Gasteiger partial charge in [0.2, 0.25) is 5.91 Å². The van der Waals surface area contributed by atoms with Crippen molar-refractivity contribution < 1.29 is 9.53 Å². The molecule has 1 unspecified atom stereocenters. The Bertz CT molecular complexity index is 924. The summed E-state index contributed by atoms with van der Waals surface area (Å²) >= 11 is 0. The molecular weight excluding hydrogens is 388 g/mol. The number of fused-ring (bicyclic) bond motifs is 2. The maximum Gasteiger partial charge on any atom is 0.239 e. The minimum Gasteiger partial charge on any atom is -0.368 e. The minimum atomic E-state index is -0.397. The Morgan fingerprint density at radius 2 is 1.90 bits per heavy atom. The van der Waals surface area contributed by atoms with Crippen molar-refractivity contribution in [3.05, 3.63) is 47.8 Å². The number of carbonyl (C=O) groups is 1. The second kappa shape index (κ2) is 8.67. The lowest BCUT2D eigenvalue weighted by atomic mass is 9.83. The Balaban J connectivity index is 1.35. The lowest BCUT2D eigenvalue weighted by Crippen LogP contribution is -2.53. The van der Waals surface area contributed by atoms with Crippen LogP contribution in [0.4, 0.5) is 0 Å². The van der Waals surface area contributed by atoms with Crippen LogP contribution in [-0.2, 0) is 21.6 Å². The number of carbonyl (C=O) groups excluding carboxylic acids is 1. The molecule has 31 heavy (non-hydrogen) atoms. The second-order valence-electron chi connectivity index (χ2n) is 9.20. The number of nitrogens with zero attached hydrogens (tertiary/aromatic N) is 4. The Morgan fingerprint density at radius 1 is 1.10 bits per heavy atom. The number of ether oxygens (including phenoxy) is 1. The molecule has 0 bridgehead atoms. The Kier molecular flexibility index (Phi) is 5.76. The number of likely N-dealkylation sites (tertiary alicyclic amines) is 2. The van der Waals surface area contributed by atoms with Crippen molar-refractivity contribution >= 4 is 5.91 Å². The van der Waals surface area contributed by atoms with Crippen LogP contribution in [0.5, 0.6) is 0 Å². The second-order valence-corrected chi connectivity index (χ2v) is 9.20. The molecule has 0 aliphatic carbocycles. The van der Waals surface area contributed by atoms with Crippen LogP contribution in [0.3, 0.4) is 0 Å². The van der Waals surface area contributed by atoms with Crippen molar-refractivity contribution in [1.82, 2.24) is 19.8 Å². The first kappa shape index (κ1) is 20.6. The molecule has 2 fully saturated rings. The topological polar surface area (TPSA) is 58.6 Å². The fourth-order valence-corrected chi connectivity index (χ4v) is 5.38. The van der Waals surface area contributed by atoms with Crippen molar-refractivity contribution in [2.24, 2.45) is 0 Å². The maximum absolute atomic E-state index is 13.3. The molecule has 2 aromatic rings. The molecule has 0 N–H and O–H groups in total. The molecule has 0 radical (unpaired) electrons. The van der Waals surface area contributed by atoms with E-state index >= 15 is 0 Å². The summed E-state index contributed by atoms with van der Waals surface area (Å²) in [5.41, 5.74) is 2.85. The van der Waals surface area contributed by atoms with Gasteiger partial charge in [-0.05, 0) is 51.3 Å². The normalized spacial score (nSPS) is 23.9. The van der Waals surface area contributed by atoms with Gasteiger partial charge in [0.15, 0.2) is 5.82 Å². The zero-order valence-corrected chi connectivity index (χ0v) is 18.4. The first-order valence-electron chi connectivity index (χ1n) is 11.7. The fraction of sp³-hybridized carbons (Fsp3) is 0.560. The number of hydrogen-bond donors (Lipinski definition) is 0. The predicted molar refractivity (Wildman–Crippen MR) is 120 cm³/mol. The van der Waals surface area contributed by atoms with Crippen LogP contribution in [0.1, 0.15) is 49.8 Å². The average Bonchev–Trinajstić information content (AvgIpc) is 3.04. The van der Waals surface area contributed by atoms with Gasteiger partial charge in [0.25, 0.3) is 0 Å². The third-order valence-corrected chi connectivity index (χ3v) is 7.27. The van der Waals surface area contributed by atoms with Crippen LogP contribution in [0.2, 0.25) is 0 Å². The van der Waals surface area contributed by atoms with Gasteiger partial charge < -0.3 is 9.64 Å². The lowest BCUT2D eigenvalue weighted by molar-refractivity contribution is -0.146. The number of likely N-dealkylation sites (N-methyl/N-ethyl adjacent to an activating group) is 1. The van der Waals surface area contributed by atoms with E-state index in [1.165, 1.54) is 18.4 Å². The van der Waals surface area contributed by atoms with Crippen molar-refractivity contribution in [2.75, 3.05) is 33.3 Å². The summed E-state index contributed by atoms with van der Waals surface area (Å²) < 4.78 is 6.40. The van der Waals surface area contributed by atoms with Gasteiger partial charge in [-0.2, -0.15) is 0 Å². The molecule has 6 nitrogen and oxygen atoms in total. The van der Waals surface area contributed by atoms with E-state index in [0.717, 1.165) is 68.8 Å². The van der Waals surface area contributed by atoms with Crippen LogP contribution >= 0.6 is 0 Å².